The summed E-state index contributed by atoms with van der Waals surface area (Å²) in [6.45, 7) is 0.439. The molecule has 0 radical (unpaired) electrons. The van der Waals surface area contributed by atoms with Crippen LogP contribution in [-0.4, -0.2) is 25.6 Å². The summed E-state index contributed by atoms with van der Waals surface area (Å²) in [4.78, 5) is 19.4. The Balaban J connectivity index is 2.00. The Kier molecular flexibility index (Phi) is 3.47. The third-order valence-electron chi connectivity index (χ3n) is 3.23. The molecule has 1 N–H and O–H groups in total. The Bertz CT molecular complexity index is 766. The number of nitrogens with zero attached hydrogens (tertiary/aromatic N) is 3. The van der Waals surface area contributed by atoms with Crippen LogP contribution in [-0.2, 0) is 6.54 Å². The molecule has 3 rings (SSSR count). The molecule has 0 fully saturated rings. The van der Waals surface area contributed by atoms with Crippen molar-refractivity contribution in [2.45, 2.75) is 6.54 Å². The number of rotatable bonds is 4. The maximum absolute atomic E-state index is 11.2. The van der Waals surface area contributed by atoms with Crippen LogP contribution in [0.1, 0.15) is 16.1 Å². The van der Waals surface area contributed by atoms with Crippen LogP contribution in [0.25, 0.3) is 11.3 Å². The van der Waals surface area contributed by atoms with Gasteiger partial charge in [0.1, 0.15) is 5.69 Å². The molecule has 0 spiro atoms. The lowest BCUT2D eigenvalue weighted by atomic mass is 10.0. The number of hydrogen-bond donors (Lipinski definition) is 1. The molecular formula is C16H13N3O2. The zero-order valence-electron chi connectivity index (χ0n) is 11.2. The number of carbonyl (C=O) groups is 1. The normalized spacial score (nSPS) is 10.5. The van der Waals surface area contributed by atoms with Gasteiger partial charge in [0.2, 0.25) is 0 Å². The summed E-state index contributed by atoms with van der Waals surface area (Å²) >= 11 is 0. The molecule has 0 aliphatic carbocycles. The van der Waals surface area contributed by atoms with Gasteiger partial charge in [-0.3, -0.25) is 4.98 Å². The lowest BCUT2D eigenvalue weighted by molar-refractivity contribution is 0.0685. The van der Waals surface area contributed by atoms with E-state index in [1.54, 1.807) is 10.8 Å². The van der Waals surface area contributed by atoms with Gasteiger partial charge in [-0.25, -0.2) is 9.78 Å². The van der Waals surface area contributed by atoms with Gasteiger partial charge in [-0.15, -0.1) is 0 Å². The molecule has 0 saturated carbocycles. The van der Waals surface area contributed by atoms with Gasteiger partial charge in [0.05, 0.1) is 18.2 Å². The van der Waals surface area contributed by atoms with Crippen LogP contribution in [0.2, 0.25) is 0 Å². The van der Waals surface area contributed by atoms with Gasteiger partial charge >= 0.3 is 5.97 Å². The number of carboxylic acid groups (broad SMARTS) is 1. The van der Waals surface area contributed by atoms with Crippen molar-refractivity contribution in [2.75, 3.05) is 0 Å². The topological polar surface area (TPSA) is 68.0 Å². The first kappa shape index (κ1) is 13.1. The number of pyridine rings is 1. The van der Waals surface area contributed by atoms with E-state index >= 15 is 0 Å². The number of carboxylic acids is 1. The van der Waals surface area contributed by atoms with Gasteiger partial charge in [-0.1, -0.05) is 30.3 Å². The molecule has 2 heterocycles. The molecule has 3 aromatic rings. The number of aromatic carboxylic acids is 1. The second-order valence-corrected chi connectivity index (χ2v) is 4.58. The average molecular weight is 279 g/mol. The first-order valence-corrected chi connectivity index (χ1v) is 6.48. The zero-order chi connectivity index (χ0) is 14.7. The van der Waals surface area contributed by atoms with Crippen LogP contribution >= 0.6 is 0 Å². The average Bonchev–Trinajstić information content (AvgIpc) is 2.97. The fraction of sp³-hybridized carbons (Fsp3) is 0.0625. The molecular weight excluding hydrogens is 266 g/mol. The first-order valence-electron chi connectivity index (χ1n) is 6.48. The van der Waals surface area contributed by atoms with Crippen LogP contribution in [0.4, 0.5) is 0 Å². The predicted molar refractivity (Wildman–Crippen MR) is 78.0 cm³/mol. The first-order chi connectivity index (χ1) is 10.3. The maximum atomic E-state index is 11.2. The molecule has 21 heavy (non-hydrogen) atoms. The van der Waals surface area contributed by atoms with Gasteiger partial charge in [-0.2, -0.15) is 0 Å². The molecule has 2 aromatic heterocycles. The van der Waals surface area contributed by atoms with Crippen molar-refractivity contribution in [1.82, 2.24) is 14.5 Å². The van der Waals surface area contributed by atoms with Crippen LogP contribution < -0.4 is 0 Å². The van der Waals surface area contributed by atoms with Gasteiger partial charge in [0.25, 0.3) is 0 Å². The van der Waals surface area contributed by atoms with E-state index in [1.165, 1.54) is 12.5 Å². The second-order valence-electron chi connectivity index (χ2n) is 4.58. The van der Waals surface area contributed by atoms with Crippen molar-refractivity contribution in [2.24, 2.45) is 0 Å². The van der Waals surface area contributed by atoms with Crippen LogP contribution in [0.15, 0.2) is 61.2 Å². The summed E-state index contributed by atoms with van der Waals surface area (Å²) in [6.07, 6.45) is 4.62. The minimum Gasteiger partial charge on any atom is -0.477 e. The Hall–Kier alpha value is -2.95. The maximum Gasteiger partial charge on any atom is 0.354 e. The van der Waals surface area contributed by atoms with E-state index in [1.807, 2.05) is 42.5 Å². The fourth-order valence-electron chi connectivity index (χ4n) is 2.24. The zero-order valence-corrected chi connectivity index (χ0v) is 11.2. The number of hydrogen-bond acceptors (Lipinski definition) is 3. The van der Waals surface area contributed by atoms with E-state index in [2.05, 4.69) is 9.97 Å². The standard InChI is InChI=1S/C16H13N3O2/c20-16(21)15-9-17-11-19(15)10-12-5-1-2-6-13(12)14-7-3-4-8-18-14/h1-9,11H,10H2,(H,20,21). The Morgan fingerprint density at radius 3 is 2.71 bits per heavy atom. The highest BCUT2D eigenvalue weighted by molar-refractivity contribution is 5.85. The van der Waals surface area contributed by atoms with Gasteiger partial charge in [0, 0.05) is 18.3 Å². The fourth-order valence-corrected chi connectivity index (χ4v) is 2.24. The Morgan fingerprint density at radius 2 is 1.95 bits per heavy atom. The summed E-state index contributed by atoms with van der Waals surface area (Å²) in [7, 11) is 0. The van der Waals surface area contributed by atoms with E-state index in [0.29, 0.717) is 6.54 Å². The van der Waals surface area contributed by atoms with Crippen molar-refractivity contribution in [3.05, 3.63) is 72.4 Å². The third kappa shape index (κ3) is 2.67. The van der Waals surface area contributed by atoms with E-state index in [9.17, 15) is 4.79 Å². The largest absolute Gasteiger partial charge is 0.477 e. The quantitative estimate of drug-likeness (QED) is 0.797. The molecule has 0 atom stereocenters. The van der Waals surface area contributed by atoms with Crippen molar-refractivity contribution in [3.63, 3.8) is 0 Å². The second kappa shape index (κ2) is 5.58. The SMILES string of the molecule is O=C(O)c1cncn1Cc1ccccc1-c1ccccn1. The number of aromatic nitrogens is 3. The number of benzene rings is 1. The van der Waals surface area contributed by atoms with E-state index < -0.39 is 5.97 Å². The molecule has 0 saturated heterocycles. The molecule has 0 aliphatic rings. The highest BCUT2D eigenvalue weighted by Crippen LogP contribution is 2.22. The minimum absolute atomic E-state index is 0.172. The van der Waals surface area contributed by atoms with E-state index in [4.69, 9.17) is 5.11 Å². The summed E-state index contributed by atoms with van der Waals surface area (Å²) < 4.78 is 1.62. The monoisotopic (exact) mass is 279 g/mol. The smallest absolute Gasteiger partial charge is 0.354 e. The summed E-state index contributed by atoms with van der Waals surface area (Å²) in [6, 6.07) is 13.6. The van der Waals surface area contributed by atoms with Gasteiger partial charge in [-0.05, 0) is 17.7 Å². The molecule has 0 amide bonds. The van der Waals surface area contributed by atoms with Gasteiger partial charge < -0.3 is 9.67 Å². The molecule has 5 heteroatoms. The number of imidazole rings is 1. The van der Waals surface area contributed by atoms with Crippen molar-refractivity contribution in [1.29, 1.82) is 0 Å². The van der Waals surface area contributed by atoms with E-state index in [-0.39, 0.29) is 5.69 Å². The predicted octanol–water partition coefficient (Wildman–Crippen LogP) is 2.69. The third-order valence-corrected chi connectivity index (χ3v) is 3.23. The molecule has 1 aromatic carbocycles. The van der Waals surface area contributed by atoms with Crippen LogP contribution in [0, 0.1) is 0 Å². The van der Waals surface area contributed by atoms with Crippen molar-refractivity contribution in [3.8, 4) is 11.3 Å². The van der Waals surface area contributed by atoms with Crippen molar-refractivity contribution >= 4 is 5.97 Å². The lowest BCUT2D eigenvalue weighted by Crippen LogP contribution is -2.09. The Morgan fingerprint density at radius 1 is 1.14 bits per heavy atom. The van der Waals surface area contributed by atoms with Crippen LogP contribution in [0.3, 0.4) is 0 Å². The molecule has 0 unspecified atom stereocenters. The molecule has 0 aliphatic heterocycles. The molecule has 104 valence electrons. The highest BCUT2D eigenvalue weighted by Gasteiger charge is 2.12. The minimum atomic E-state index is -0.984. The van der Waals surface area contributed by atoms with Crippen LogP contribution in [0.5, 0.6) is 0 Å². The van der Waals surface area contributed by atoms with Crippen molar-refractivity contribution < 1.29 is 9.90 Å². The van der Waals surface area contributed by atoms with Gasteiger partial charge in [0.15, 0.2) is 0 Å². The van der Waals surface area contributed by atoms with E-state index in [0.717, 1.165) is 16.8 Å². The lowest BCUT2D eigenvalue weighted by Gasteiger charge is -2.10. The summed E-state index contributed by atoms with van der Waals surface area (Å²) in [5, 5.41) is 9.15. The Labute approximate surface area is 121 Å². The summed E-state index contributed by atoms with van der Waals surface area (Å²) in [5.41, 5.74) is 3.02. The highest BCUT2D eigenvalue weighted by atomic mass is 16.4. The molecule has 0 bridgehead atoms. The molecule has 5 nitrogen and oxygen atoms in total. The summed E-state index contributed by atoms with van der Waals surface area (Å²) in [5.74, 6) is -0.984.